The maximum Gasteiger partial charge on any atom is 0.212 e. The van der Waals surface area contributed by atoms with Crippen LogP contribution in [0.3, 0.4) is 0 Å². The van der Waals surface area contributed by atoms with Crippen molar-refractivity contribution in [2.75, 3.05) is 5.43 Å². The fourth-order valence-corrected chi connectivity index (χ4v) is 1.01. The van der Waals surface area contributed by atoms with E-state index in [1.807, 2.05) is 0 Å². The first-order valence-corrected chi connectivity index (χ1v) is 4.29. The smallest absolute Gasteiger partial charge is 0.212 e. The normalized spacial score (nSPS) is 14.4. The van der Waals surface area contributed by atoms with Gasteiger partial charge in [-0.1, -0.05) is 0 Å². The summed E-state index contributed by atoms with van der Waals surface area (Å²) in [6.45, 7) is 0. The van der Waals surface area contributed by atoms with Crippen molar-refractivity contribution in [1.29, 1.82) is 0 Å². The van der Waals surface area contributed by atoms with E-state index in [-0.39, 0.29) is 17.4 Å². The van der Waals surface area contributed by atoms with Crippen LogP contribution in [-0.2, 0) is 0 Å². The number of amidine groups is 2. The van der Waals surface area contributed by atoms with E-state index < -0.39 is 5.95 Å². The van der Waals surface area contributed by atoms with Gasteiger partial charge in [0.1, 0.15) is 0 Å². The molecule has 5 N–H and O–H groups in total. The summed E-state index contributed by atoms with van der Waals surface area (Å²) >= 11 is 0. The van der Waals surface area contributed by atoms with Crippen LogP contribution >= 0.6 is 0 Å². The van der Waals surface area contributed by atoms with Gasteiger partial charge in [-0.25, -0.2) is 4.98 Å². The second-order valence-corrected chi connectivity index (χ2v) is 2.91. The van der Waals surface area contributed by atoms with Crippen molar-refractivity contribution in [3.8, 4) is 0 Å². The summed E-state index contributed by atoms with van der Waals surface area (Å²) in [6, 6.07) is 2.67. The highest BCUT2D eigenvalue weighted by molar-refractivity contribution is 6.68. The van der Waals surface area contributed by atoms with Crippen LogP contribution < -0.4 is 16.9 Å². The zero-order chi connectivity index (χ0) is 11.5. The predicted molar refractivity (Wildman–Crippen MR) is 58.5 cm³/mol. The van der Waals surface area contributed by atoms with Crippen molar-refractivity contribution in [3.63, 3.8) is 0 Å². The Balaban J connectivity index is 2.12. The summed E-state index contributed by atoms with van der Waals surface area (Å²) < 4.78 is 12.5. The monoisotopic (exact) mass is 221 g/mol. The van der Waals surface area contributed by atoms with Gasteiger partial charge < -0.3 is 11.5 Å². The first kappa shape index (κ1) is 10.0. The van der Waals surface area contributed by atoms with Crippen LogP contribution in [0.5, 0.6) is 0 Å². The second kappa shape index (κ2) is 3.93. The molecule has 0 atom stereocenters. The van der Waals surface area contributed by atoms with Gasteiger partial charge in [0.15, 0.2) is 17.4 Å². The van der Waals surface area contributed by atoms with Crippen molar-refractivity contribution >= 4 is 23.1 Å². The van der Waals surface area contributed by atoms with Crippen molar-refractivity contribution in [2.24, 2.45) is 26.8 Å². The molecule has 0 saturated heterocycles. The minimum atomic E-state index is -0.568. The third-order valence-corrected chi connectivity index (χ3v) is 1.77. The number of hydrogen-bond donors (Lipinski definition) is 3. The quantitative estimate of drug-likeness (QED) is 0.467. The van der Waals surface area contributed by atoms with Gasteiger partial charge in [0, 0.05) is 0 Å². The maximum absolute atomic E-state index is 12.5. The molecule has 1 aromatic heterocycles. The van der Waals surface area contributed by atoms with Crippen molar-refractivity contribution < 1.29 is 4.39 Å². The number of nitrogens with two attached hydrogens (primary N) is 2. The Morgan fingerprint density at radius 1 is 1.19 bits per heavy atom. The number of hydrazone groups is 1. The lowest BCUT2D eigenvalue weighted by molar-refractivity contribution is 0.584. The molecule has 0 amide bonds. The molecular weight excluding hydrogens is 213 g/mol. The van der Waals surface area contributed by atoms with Crippen LogP contribution in [0.25, 0.3) is 0 Å². The number of rotatable bonds is 2. The van der Waals surface area contributed by atoms with E-state index in [1.54, 1.807) is 0 Å². The third-order valence-electron chi connectivity index (χ3n) is 1.77. The Kier molecular flexibility index (Phi) is 2.46. The number of anilines is 1. The second-order valence-electron chi connectivity index (χ2n) is 2.91. The average molecular weight is 221 g/mol. The highest BCUT2D eigenvalue weighted by Crippen LogP contribution is 2.05. The Morgan fingerprint density at radius 3 is 2.44 bits per heavy atom. The first-order chi connectivity index (χ1) is 7.66. The number of hydrogen-bond acceptors (Lipinski definition) is 7. The summed E-state index contributed by atoms with van der Waals surface area (Å²) in [6.07, 6.45) is 1.29. The van der Waals surface area contributed by atoms with Gasteiger partial charge >= 0.3 is 0 Å². The number of pyridine rings is 1. The van der Waals surface area contributed by atoms with Gasteiger partial charge in [0.05, 0.1) is 11.9 Å². The molecule has 1 aliphatic rings. The van der Waals surface area contributed by atoms with Gasteiger partial charge in [0.25, 0.3) is 0 Å². The Morgan fingerprint density at radius 2 is 1.88 bits per heavy atom. The lowest BCUT2D eigenvalue weighted by Gasteiger charge is -2.01. The molecule has 2 heterocycles. The van der Waals surface area contributed by atoms with Crippen LogP contribution in [0.4, 0.5) is 10.1 Å². The molecule has 7 nitrogen and oxygen atoms in total. The third kappa shape index (κ3) is 1.95. The fraction of sp³-hybridized carbons (Fsp3) is 0. The van der Waals surface area contributed by atoms with E-state index in [1.165, 1.54) is 18.3 Å². The van der Waals surface area contributed by atoms with Crippen LogP contribution in [0.1, 0.15) is 0 Å². The van der Waals surface area contributed by atoms with E-state index in [9.17, 15) is 4.39 Å². The summed E-state index contributed by atoms with van der Waals surface area (Å²) in [5.74, 6) is -0.318. The number of halogens is 1. The number of aromatic nitrogens is 1. The molecule has 0 fully saturated rings. The fourth-order valence-electron chi connectivity index (χ4n) is 1.01. The number of nitrogens with one attached hydrogen (secondary N) is 1. The Labute approximate surface area is 89.8 Å². The van der Waals surface area contributed by atoms with Gasteiger partial charge in [-0.2, -0.15) is 9.49 Å². The number of nitrogens with zero attached hydrogens (tertiary/aromatic N) is 4. The largest absolute Gasteiger partial charge is 0.380 e. The maximum atomic E-state index is 12.5. The van der Waals surface area contributed by atoms with Crippen molar-refractivity contribution in [2.45, 2.75) is 0 Å². The SMILES string of the molecule is NC1=NN=C(N)C1=NNc1ccc(F)nc1. The minimum absolute atomic E-state index is 0.125. The lowest BCUT2D eigenvalue weighted by Crippen LogP contribution is -2.32. The standard InChI is InChI=1S/C8H8FN7/c9-5-2-1-4(3-12-5)13-14-6-7(10)15-16-8(6)11/h1-3,13H,(H4,10,11,14,15,16). The molecule has 0 bridgehead atoms. The topological polar surface area (TPSA) is 114 Å². The lowest BCUT2D eigenvalue weighted by atomic mass is 10.3. The zero-order valence-corrected chi connectivity index (χ0v) is 8.05. The van der Waals surface area contributed by atoms with Gasteiger partial charge in [-0.3, -0.25) is 5.43 Å². The molecule has 0 saturated carbocycles. The molecule has 0 unspecified atom stereocenters. The summed E-state index contributed by atoms with van der Waals surface area (Å²) in [7, 11) is 0. The molecule has 8 heteroatoms. The van der Waals surface area contributed by atoms with Crippen LogP contribution in [0, 0.1) is 5.95 Å². The highest BCUT2D eigenvalue weighted by Gasteiger charge is 2.16. The first-order valence-electron chi connectivity index (χ1n) is 4.29. The molecule has 82 valence electrons. The Bertz CT molecular complexity index is 468. The van der Waals surface area contributed by atoms with E-state index in [0.29, 0.717) is 5.69 Å². The summed E-state index contributed by atoms with van der Waals surface area (Å²) in [5.41, 5.74) is 14.3. The Hall–Kier alpha value is -2.51. The van der Waals surface area contributed by atoms with Gasteiger partial charge in [0.2, 0.25) is 5.95 Å². The van der Waals surface area contributed by atoms with Crippen molar-refractivity contribution in [1.82, 2.24) is 4.98 Å². The molecule has 0 aromatic carbocycles. The average Bonchev–Trinajstić information content (AvgIpc) is 2.59. The van der Waals surface area contributed by atoms with E-state index in [0.717, 1.165) is 0 Å². The molecule has 2 rings (SSSR count). The van der Waals surface area contributed by atoms with Crippen LogP contribution in [0.15, 0.2) is 33.6 Å². The molecule has 0 aliphatic carbocycles. The molecule has 0 radical (unpaired) electrons. The van der Waals surface area contributed by atoms with Gasteiger partial charge in [-0.15, -0.1) is 10.2 Å². The summed E-state index contributed by atoms with van der Waals surface area (Å²) in [5, 5.41) is 10.9. The van der Waals surface area contributed by atoms with Crippen LogP contribution in [0.2, 0.25) is 0 Å². The zero-order valence-electron chi connectivity index (χ0n) is 8.05. The molecule has 1 aromatic rings. The van der Waals surface area contributed by atoms with E-state index in [4.69, 9.17) is 11.5 Å². The van der Waals surface area contributed by atoms with E-state index >= 15 is 0 Å². The van der Waals surface area contributed by atoms with E-state index in [2.05, 4.69) is 25.7 Å². The predicted octanol–water partition coefficient (Wildman–Crippen LogP) is -0.368. The minimum Gasteiger partial charge on any atom is -0.380 e. The molecule has 0 spiro atoms. The highest BCUT2D eigenvalue weighted by atomic mass is 19.1. The van der Waals surface area contributed by atoms with Crippen molar-refractivity contribution in [3.05, 3.63) is 24.3 Å². The van der Waals surface area contributed by atoms with Crippen LogP contribution in [-0.4, -0.2) is 22.4 Å². The molecule has 1 aliphatic heterocycles. The summed E-state index contributed by atoms with van der Waals surface area (Å²) in [4.78, 5) is 3.44. The molecule has 16 heavy (non-hydrogen) atoms. The molecular formula is C8H8FN7. The van der Waals surface area contributed by atoms with Gasteiger partial charge in [-0.05, 0) is 12.1 Å².